The highest BCUT2D eigenvalue weighted by Gasteiger charge is 2.15. The highest BCUT2D eigenvalue weighted by atomic mass is 16.2. The Morgan fingerprint density at radius 2 is 2.14 bits per heavy atom. The molecule has 0 bridgehead atoms. The predicted molar refractivity (Wildman–Crippen MR) is 57.3 cm³/mol. The van der Waals surface area contributed by atoms with Crippen molar-refractivity contribution in [1.29, 1.82) is 0 Å². The largest absolute Gasteiger partial charge is 0.338 e. The lowest BCUT2D eigenvalue weighted by atomic mass is 9.96. The molecule has 82 valence electrons. The quantitative estimate of drug-likeness (QED) is 0.638. The van der Waals surface area contributed by atoms with Crippen LogP contribution in [0.4, 0.5) is 4.79 Å². The monoisotopic (exact) mass is 199 g/mol. The van der Waals surface area contributed by atoms with E-state index in [2.05, 4.69) is 10.6 Å². The van der Waals surface area contributed by atoms with Crippen LogP contribution in [0.15, 0.2) is 0 Å². The fourth-order valence-corrected chi connectivity index (χ4v) is 1.46. The topological polar surface area (TPSA) is 44.4 Å². The molecule has 1 saturated heterocycles. The SMILES string of the molecule is CN(C)C(=O)NCCCCC1CNC1. The van der Waals surface area contributed by atoms with Gasteiger partial charge in [-0.2, -0.15) is 0 Å². The fraction of sp³-hybridized carbons (Fsp3) is 0.900. The summed E-state index contributed by atoms with van der Waals surface area (Å²) in [5.74, 6) is 0.888. The van der Waals surface area contributed by atoms with Crippen LogP contribution in [0.25, 0.3) is 0 Å². The lowest BCUT2D eigenvalue weighted by molar-refractivity contribution is 0.217. The second kappa shape index (κ2) is 5.86. The third-order valence-corrected chi connectivity index (χ3v) is 2.59. The zero-order valence-electron chi connectivity index (χ0n) is 9.18. The van der Waals surface area contributed by atoms with Gasteiger partial charge in [0.2, 0.25) is 0 Å². The van der Waals surface area contributed by atoms with E-state index >= 15 is 0 Å². The summed E-state index contributed by atoms with van der Waals surface area (Å²) in [7, 11) is 3.52. The third-order valence-electron chi connectivity index (χ3n) is 2.59. The van der Waals surface area contributed by atoms with Gasteiger partial charge in [0.25, 0.3) is 0 Å². The van der Waals surface area contributed by atoms with Gasteiger partial charge in [-0.3, -0.25) is 0 Å². The summed E-state index contributed by atoms with van der Waals surface area (Å²) in [5, 5.41) is 6.12. The molecule has 1 heterocycles. The third kappa shape index (κ3) is 3.96. The lowest BCUT2D eigenvalue weighted by Gasteiger charge is -2.26. The van der Waals surface area contributed by atoms with Crippen LogP contribution in [0.1, 0.15) is 19.3 Å². The van der Waals surface area contributed by atoms with Crippen molar-refractivity contribution < 1.29 is 4.79 Å². The van der Waals surface area contributed by atoms with E-state index in [0.29, 0.717) is 0 Å². The van der Waals surface area contributed by atoms with Gasteiger partial charge in [0.1, 0.15) is 0 Å². The van der Waals surface area contributed by atoms with Crippen LogP contribution in [0, 0.1) is 5.92 Å². The van der Waals surface area contributed by atoms with Crippen molar-refractivity contribution in [2.45, 2.75) is 19.3 Å². The number of nitrogens with zero attached hydrogens (tertiary/aromatic N) is 1. The summed E-state index contributed by atoms with van der Waals surface area (Å²) in [4.78, 5) is 12.7. The molecule has 2 N–H and O–H groups in total. The van der Waals surface area contributed by atoms with Crippen molar-refractivity contribution in [3.63, 3.8) is 0 Å². The molecule has 0 aromatic carbocycles. The van der Waals surface area contributed by atoms with Gasteiger partial charge in [-0.1, -0.05) is 6.42 Å². The average Bonchev–Trinajstić information content (AvgIpc) is 2.07. The molecule has 0 radical (unpaired) electrons. The van der Waals surface area contributed by atoms with Gasteiger partial charge in [0, 0.05) is 20.6 Å². The maximum absolute atomic E-state index is 11.1. The van der Waals surface area contributed by atoms with E-state index in [-0.39, 0.29) is 6.03 Å². The van der Waals surface area contributed by atoms with Crippen LogP contribution >= 0.6 is 0 Å². The van der Waals surface area contributed by atoms with Crippen LogP contribution in [0.2, 0.25) is 0 Å². The zero-order valence-corrected chi connectivity index (χ0v) is 9.18. The first-order valence-electron chi connectivity index (χ1n) is 5.36. The zero-order chi connectivity index (χ0) is 10.4. The van der Waals surface area contributed by atoms with E-state index in [1.165, 1.54) is 25.9 Å². The first-order valence-corrected chi connectivity index (χ1v) is 5.36. The molecule has 4 nitrogen and oxygen atoms in total. The van der Waals surface area contributed by atoms with E-state index in [0.717, 1.165) is 18.9 Å². The Balaban J connectivity index is 1.86. The second-order valence-electron chi connectivity index (χ2n) is 4.15. The van der Waals surface area contributed by atoms with Crippen molar-refractivity contribution in [1.82, 2.24) is 15.5 Å². The molecule has 0 aromatic heterocycles. The van der Waals surface area contributed by atoms with E-state index in [1.807, 2.05) is 0 Å². The molecule has 2 amide bonds. The standard InChI is InChI=1S/C10H21N3O/c1-13(2)10(14)12-6-4-3-5-9-7-11-8-9/h9,11H,3-8H2,1-2H3,(H,12,14). The maximum atomic E-state index is 11.1. The van der Waals surface area contributed by atoms with E-state index in [1.54, 1.807) is 19.0 Å². The highest BCUT2D eigenvalue weighted by Crippen LogP contribution is 2.11. The first-order chi connectivity index (χ1) is 6.70. The number of hydrogen-bond donors (Lipinski definition) is 2. The average molecular weight is 199 g/mol. The number of unbranched alkanes of at least 4 members (excludes halogenated alkanes) is 1. The molecule has 1 aliphatic heterocycles. The molecular formula is C10H21N3O. The van der Waals surface area contributed by atoms with E-state index < -0.39 is 0 Å². The number of hydrogen-bond acceptors (Lipinski definition) is 2. The number of carbonyl (C=O) groups excluding carboxylic acids is 1. The summed E-state index contributed by atoms with van der Waals surface area (Å²) in [6, 6.07) is 0.00955. The summed E-state index contributed by atoms with van der Waals surface area (Å²) >= 11 is 0. The van der Waals surface area contributed by atoms with Gasteiger partial charge in [0.05, 0.1) is 0 Å². The molecule has 0 aliphatic carbocycles. The van der Waals surface area contributed by atoms with E-state index in [4.69, 9.17) is 0 Å². The minimum atomic E-state index is 0.00955. The lowest BCUT2D eigenvalue weighted by Crippen LogP contribution is -2.41. The van der Waals surface area contributed by atoms with Gasteiger partial charge in [0.15, 0.2) is 0 Å². The van der Waals surface area contributed by atoms with Crippen LogP contribution in [-0.2, 0) is 0 Å². The predicted octanol–water partition coefficient (Wildman–Crippen LogP) is 0.647. The molecule has 0 aromatic rings. The van der Waals surface area contributed by atoms with Gasteiger partial charge >= 0.3 is 6.03 Å². The maximum Gasteiger partial charge on any atom is 0.316 e. The molecule has 4 heteroatoms. The van der Waals surface area contributed by atoms with Crippen molar-refractivity contribution >= 4 is 6.03 Å². The van der Waals surface area contributed by atoms with Gasteiger partial charge in [-0.05, 0) is 31.8 Å². The Hall–Kier alpha value is -0.770. The molecule has 1 rings (SSSR count). The highest BCUT2D eigenvalue weighted by molar-refractivity contribution is 5.73. The van der Waals surface area contributed by atoms with Gasteiger partial charge in [-0.15, -0.1) is 0 Å². The second-order valence-corrected chi connectivity index (χ2v) is 4.15. The van der Waals surface area contributed by atoms with Crippen LogP contribution in [-0.4, -0.2) is 44.7 Å². The first kappa shape index (κ1) is 11.3. The summed E-state index contributed by atoms with van der Waals surface area (Å²) < 4.78 is 0. The van der Waals surface area contributed by atoms with Crippen molar-refractivity contribution in [2.24, 2.45) is 5.92 Å². The number of carbonyl (C=O) groups is 1. The summed E-state index contributed by atoms with van der Waals surface area (Å²) in [6.07, 6.45) is 3.61. The van der Waals surface area contributed by atoms with Crippen molar-refractivity contribution in [3.8, 4) is 0 Å². The van der Waals surface area contributed by atoms with E-state index in [9.17, 15) is 4.79 Å². The fourth-order valence-electron chi connectivity index (χ4n) is 1.46. The smallest absolute Gasteiger partial charge is 0.316 e. The number of urea groups is 1. The summed E-state index contributed by atoms with van der Waals surface area (Å²) in [6.45, 7) is 3.17. The Morgan fingerprint density at radius 3 is 2.64 bits per heavy atom. The Bertz CT molecular complexity index is 178. The molecule has 14 heavy (non-hydrogen) atoms. The Morgan fingerprint density at radius 1 is 1.43 bits per heavy atom. The number of rotatable bonds is 5. The number of amides is 2. The van der Waals surface area contributed by atoms with Crippen LogP contribution in [0.5, 0.6) is 0 Å². The van der Waals surface area contributed by atoms with Crippen molar-refractivity contribution in [2.75, 3.05) is 33.7 Å². The minimum Gasteiger partial charge on any atom is -0.338 e. The summed E-state index contributed by atoms with van der Waals surface area (Å²) in [5.41, 5.74) is 0. The Kier molecular flexibility index (Phi) is 4.73. The van der Waals surface area contributed by atoms with Gasteiger partial charge < -0.3 is 15.5 Å². The Labute approximate surface area is 86.0 Å². The molecule has 0 spiro atoms. The number of nitrogens with one attached hydrogen (secondary N) is 2. The normalized spacial score (nSPS) is 16.1. The molecule has 0 saturated carbocycles. The molecular weight excluding hydrogens is 178 g/mol. The van der Waals surface area contributed by atoms with Crippen LogP contribution in [0.3, 0.4) is 0 Å². The molecule has 0 atom stereocenters. The van der Waals surface area contributed by atoms with Crippen molar-refractivity contribution in [3.05, 3.63) is 0 Å². The van der Waals surface area contributed by atoms with Crippen LogP contribution < -0.4 is 10.6 Å². The van der Waals surface area contributed by atoms with Gasteiger partial charge in [-0.25, -0.2) is 4.79 Å². The molecule has 1 aliphatic rings. The molecule has 0 unspecified atom stereocenters. The minimum absolute atomic E-state index is 0.00955. The molecule has 1 fully saturated rings.